The molecule has 1 aromatic rings. The summed E-state index contributed by atoms with van der Waals surface area (Å²) in [7, 11) is 1.99. The Morgan fingerprint density at radius 2 is 1.93 bits per heavy atom. The molecule has 0 saturated heterocycles. The normalized spacial score (nSPS) is 13.3. The van der Waals surface area contributed by atoms with Crippen molar-refractivity contribution in [3.8, 4) is 0 Å². The van der Waals surface area contributed by atoms with E-state index in [0.717, 1.165) is 12.1 Å². The van der Waals surface area contributed by atoms with Crippen molar-refractivity contribution in [2.45, 2.75) is 47.1 Å². The molecule has 1 unspecified atom stereocenters. The maximum Gasteiger partial charge on any atom is 0.0827 e. The predicted molar refractivity (Wildman–Crippen MR) is 65.2 cm³/mol. The van der Waals surface area contributed by atoms with Crippen LogP contribution in [0, 0.1) is 19.8 Å². The summed E-state index contributed by atoms with van der Waals surface area (Å²) >= 11 is 0. The highest BCUT2D eigenvalue weighted by atomic mass is 15.3. The van der Waals surface area contributed by atoms with Crippen LogP contribution >= 0.6 is 0 Å². The fourth-order valence-corrected chi connectivity index (χ4v) is 1.91. The Balaban J connectivity index is 2.88. The number of anilines is 1. The van der Waals surface area contributed by atoms with E-state index in [1.54, 1.807) is 0 Å². The highest BCUT2D eigenvalue weighted by Gasteiger charge is 2.15. The van der Waals surface area contributed by atoms with Gasteiger partial charge in [0.15, 0.2) is 0 Å². The lowest BCUT2D eigenvalue weighted by Crippen LogP contribution is -2.25. The lowest BCUT2D eigenvalue weighted by Gasteiger charge is -2.22. The van der Waals surface area contributed by atoms with E-state index in [9.17, 15) is 0 Å². The van der Waals surface area contributed by atoms with Crippen molar-refractivity contribution in [1.82, 2.24) is 9.78 Å². The van der Waals surface area contributed by atoms with Gasteiger partial charge in [-0.25, -0.2) is 0 Å². The van der Waals surface area contributed by atoms with Gasteiger partial charge < -0.3 is 5.32 Å². The first-order valence-electron chi connectivity index (χ1n) is 5.74. The lowest BCUT2D eigenvalue weighted by atomic mass is 10.0. The number of hydrogen-bond donors (Lipinski definition) is 1. The maximum absolute atomic E-state index is 4.41. The summed E-state index contributed by atoms with van der Waals surface area (Å²) in [6, 6.07) is 0.534. The van der Waals surface area contributed by atoms with Gasteiger partial charge in [-0.2, -0.15) is 5.10 Å². The van der Waals surface area contributed by atoms with Gasteiger partial charge >= 0.3 is 0 Å². The summed E-state index contributed by atoms with van der Waals surface area (Å²) in [5.74, 6) is 0.647. The van der Waals surface area contributed by atoms with Crippen LogP contribution in [0.15, 0.2) is 0 Å². The molecule has 0 aliphatic rings. The van der Waals surface area contributed by atoms with E-state index in [1.165, 1.54) is 11.4 Å². The van der Waals surface area contributed by atoms with Crippen molar-refractivity contribution in [2.24, 2.45) is 13.0 Å². The van der Waals surface area contributed by atoms with Crippen molar-refractivity contribution in [3.63, 3.8) is 0 Å². The summed E-state index contributed by atoms with van der Waals surface area (Å²) < 4.78 is 1.94. The standard InChI is InChI=1S/C12H23N3/c1-7-11(8(2)3)13-12-9(4)14-15(6)10(12)5/h8,11,13H,7H2,1-6H3. The molecule has 1 aromatic heterocycles. The molecule has 1 heterocycles. The molecule has 3 heteroatoms. The molecule has 0 saturated carbocycles. The first-order chi connectivity index (χ1) is 6.97. The molecule has 1 atom stereocenters. The Kier molecular flexibility index (Phi) is 3.77. The zero-order chi connectivity index (χ0) is 11.6. The van der Waals surface area contributed by atoms with Crippen molar-refractivity contribution in [1.29, 1.82) is 0 Å². The highest BCUT2D eigenvalue weighted by Crippen LogP contribution is 2.22. The number of nitrogens with one attached hydrogen (secondary N) is 1. The van der Waals surface area contributed by atoms with E-state index < -0.39 is 0 Å². The van der Waals surface area contributed by atoms with Crippen LogP contribution in [0.25, 0.3) is 0 Å². The van der Waals surface area contributed by atoms with Crippen molar-refractivity contribution >= 4 is 5.69 Å². The summed E-state index contributed by atoms with van der Waals surface area (Å²) in [6.45, 7) is 10.9. The van der Waals surface area contributed by atoms with Gasteiger partial charge in [-0.1, -0.05) is 20.8 Å². The molecule has 0 bridgehead atoms. The van der Waals surface area contributed by atoms with E-state index in [4.69, 9.17) is 0 Å². The second-order valence-electron chi connectivity index (χ2n) is 4.57. The van der Waals surface area contributed by atoms with Crippen LogP contribution < -0.4 is 5.32 Å². The van der Waals surface area contributed by atoms with Gasteiger partial charge in [0.25, 0.3) is 0 Å². The van der Waals surface area contributed by atoms with E-state index in [1.807, 2.05) is 11.7 Å². The number of nitrogens with zero attached hydrogens (tertiary/aromatic N) is 2. The molecule has 3 nitrogen and oxygen atoms in total. The highest BCUT2D eigenvalue weighted by molar-refractivity contribution is 5.52. The third-order valence-electron chi connectivity index (χ3n) is 3.08. The number of hydrogen-bond acceptors (Lipinski definition) is 2. The SMILES string of the molecule is CCC(Nc1c(C)nn(C)c1C)C(C)C. The minimum absolute atomic E-state index is 0.534. The van der Waals surface area contributed by atoms with E-state index in [2.05, 4.69) is 45.0 Å². The molecule has 0 aromatic carbocycles. The van der Waals surface area contributed by atoms with Crippen LogP contribution in [0.1, 0.15) is 38.6 Å². The topological polar surface area (TPSA) is 29.9 Å². The van der Waals surface area contributed by atoms with Crippen molar-refractivity contribution in [2.75, 3.05) is 5.32 Å². The molecule has 86 valence electrons. The van der Waals surface area contributed by atoms with Gasteiger partial charge in [-0.05, 0) is 26.2 Å². The Morgan fingerprint density at radius 3 is 2.27 bits per heavy atom. The van der Waals surface area contributed by atoms with Crippen LogP contribution in [-0.4, -0.2) is 15.8 Å². The molecule has 0 aliphatic heterocycles. The molecule has 0 spiro atoms. The first-order valence-corrected chi connectivity index (χ1v) is 5.74. The number of aromatic nitrogens is 2. The number of aryl methyl sites for hydroxylation is 2. The van der Waals surface area contributed by atoms with Crippen LogP contribution in [-0.2, 0) is 7.05 Å². The van der Waals surface area contributed by atoms with Crippen LogP contribution in [0.5, 0.6) is 0 Å². The van der Waals surface area contributed by atoms with Gasteiger partial charge in [0, 0.05) is 13.1 Å². The van der Waals surface area contributed by atoms with E-state index in [0.29, 0.717) is 12.0 Å². The molecular formula is C12H23N3. The average molecular weight is 209 g/mol. The fourth-order valence-electron chi connectivity index (χ4n) is 1.91. The zero-order valence-electron chi connectivity index (χ0n) is 10.8. The smallest absolute Gasteiger partial charge is 0.0827 e. The van der Waals surface area contributed by atoms with Crippen molar-refractivity contribution < 1.29 is 0 Å². The molecule has 0 amide bonds. The van der Waals surface area contributed by atoms with Crippen molar-refractivity contribution in [3.05, 3.63) is 11.4 Å². The summed E-state index contributed by atoms with van der Waals surface area (Å²) in [6.07, 6.45) is 1.14. The Morgan fingerprint density at radius 1 is 1.33 bits per heavy atom. The molecule has 0 fully saturated rings. The van der Waals surface area contributed by atoms with Gasteiger partial charge in [-0.3, -0.25) is 4.68 Å². The fraction of sp³-hybridized carbons (Fsp3) is 0.750. The molecule has 0 radical (unpaired) electrons. The second kappa shape index (κ2) is 4.69. The monoisotopic (exact) mass is 209 g/mol. The van der Waals surface area contributed by atoms with Gasteiger partial charge in [0.2, 0.25) is 0 Å². The third kappa shape index (κ3) is 2.52. The molecule has 0 aliphatic carbocycles. The maximum atomic E-state index is 4.41. The van der Waals surface area contributed by atoms with Gasteiger partial charge in [0.05, 0.1) is 17.1 Å². The molecule has 15 heavy (non-hydrogen) atoms. The molecule has 1 rings (SSSR count). The summed E-state index contributed by atoms with van der Waals surface area (Å²) in [5.41, 5.74) is 3.51. The second-order valence-corrected chi connectivity index (χ2v) is 4.57. The summed E-state index contributed by atoms with van der Waals surface area (Å²) in [4.78, 5) is 0. The first kappa shape index (κ1) is 12.1. The van der Waals surface area contributed by atoms with Crippen LogP contribution in [0.2, 0.25) is 0 Å². The van der Waals surface area contributed by atoms with Gasteiger partial charge in [-0.15, -0.1) is 0 Å². The van der Waals surface area contributed by atoms with E-state index >= 15 is 0 Å². The molecule has 1 N–H and O–H groups in total. The van der Waals surface area contributed by atoms with E-state index in [-0.39, 0.29) is 0 Å². The Labute approximate surface area is 92.9 Å². The molecular weight excluding hydrogens is 186 g/mol. The predicted octanol–water partition coefficient (Wildman–Crippen LogP) is 2.88. The van der Waals surface area contributed by atoms with Crippen LogP contribution in [0.3, 0.4) is 0 Å². The minimum atomic E-state index is 0.534. The largest absolute Gasteiger partial charge is 0.379 e. The average Bonchev–Trinajstić information content (AvgIpc) is 2.39. The van der Waals surface area contributed by atoms with Gasteiger partial charge in [0.1, 0.15) is 0 Å². The minimum Gasteiger partial charge on any atom is -0.379 e. The Bertz CT molecular complexity index is 326. The van der Waals surface area contributed by atoms with Crippen LogP contribution in [0.4, 0.5) is 5.69 Å². The zero-order valence-corrected chi connectivity index (χ0v) is 10.8. The Hall–Kier alpha value is -0.990. The number of rotatable bonds is 4. The lowest BCUT2D eigenvalue weighted by molar-refractivity contribution is 0.510. The quantitative estimate of drug-likeness (QED) is 0.826. The summed E-state index contributed by atoms with van der Waals surface area (Å²) in [5, 5.41) is 8.01. The third-order valence-corrected chi connectivity index (χ3v) is 3.08.